The van der Waals surface area contributed by atoms with Crippen LogP contribution >= 0.6 is 0 Å². The fourth-order valence-electron chi connectivity index (χ4n) is 6.39. The van der Waals surface area contributed by atoms with Gasteiger partial charge in [0.15, 0.2) is 5.78 Å². The number of ketones is 1. The Morgan fingerprint density at radius 2 is 1.73 bits per heavy atom. The molecule has 3 heteroatoms. The number of hydrogen-bond donors (Lipinski definition) is 0. The van der Waals surface area contributed by atoms with Crippen molar-refractivity contribution in [1.82, 2.24) is 0 Å². The van der Waals surface area contributed by atoms with E-state index in [0.29, 0.717) is 23.5 Å². The Balaban J connectivity index is 1.45. The van der Waals surface area contributed by atoms with Crippen molar-refractivity contribution in [2.45, 2.75) is 44.9 Å². The molecule has 0 N–H and O–H groups in total. The minimum Gasteiger partial charge on any atom is -0.497 e. The summed E-state index contributed by atoms with van der Waals surface area (Å²) in [7, 11) is 3.41. The topological polar surface area (TPSA) is 35.5 Å². The highest BCUT2D eigenvalue weighted by Gasteiger charge is 2.56. The molecule has 4 unspecified atom stereocenters. The maximum Gasteiger partial charge on any atom is 0.165 e. The molecule has 0 amide bonds. The van der Waals surface area contributed by atoms with E-state index in [1.165, 1.54) is 17.5 Å². The number of aryl methyl sites for hydroxylation is 1. The van der Waals surface area contributed by atoms with Gasteiger partial charge < -0.3 is 9.47 Å². The van der Waals surface area contributed by atoms with Crippen molar-refractivity contribution < 1.29 is 14.3 Å². The molecule has 0 heterocycles. The fourth-order valence-corrected chi connectivity index (χ4v) is 6.39. The van der Waals surface area contributed by atoms with Crippen molar-refractivity contribution in [2.24, 2.45) is 17.3 Å². The lowest BCUT2D eigenvalue weighted by Gasteiger charge is -2.48. The van der Waals surface area contributed by atoms with Crippen LogP contribution in [-0.2, 0) is 11.2 Å². The van der Waals surface area contributed by atoms with Gasteiger partial charge in [-0.2, -0.15) is 0 Å². The second kappa shape index (κ2) is 7.30. The maximum atomic E-state index is 13.5. The van der Waals surface area contributed by atoms with Crippen LogP contribution in [0, 0.1) is 17.3 Å². The van der Waals surface area contributed by atoms with Crippen LogP contribution in [0.25, 0.3) is 6.08 Å². The summed E-state index contributed by atoms with van der Waals surface area (Å²) in [6.45, 7) is 2.23. The Hall–Kier alpha value is -2.55. The van der Waals surface area contributed by atoms with Crippen LogP contribution in [0.5, 0.6) is 11.5 Å². The average molecular weight is 403 g/mol. The van der Waals surface area contributed by atoms with Gasteiger partial charge in [-0.3, -0.25) is 4.79 Å². The van der Waals surface area contributed by atoms with Crippen LogP contribution in [0.1, 0.15) is 55.2 Å². The molecule has 2 fully saturated rings. The number of benzene rings is 2. The van der Waals surface area contributed by atoms with Gasteiger partial charge in [0.2, 0.25) is 0 Å². The molecule has 4 atom stereocenters. The first-order valence-corrected chi connectivity index (χ1v) is 11.1. The van der Waals surface area contributed by atoms with E-state index in [1.54, 1.807) is 14.2 Å². The van der Waals surface area contributed by atoms with Crippen molar-refractivity contribution in [2.75, 3.05) is 14.2 Å². The predicted octanol–water partition coefficient (Wildman–Crippen LogP) is 5.82. The highest BCUT2D eigenvalue weighted by molar-refractivity contribution is 6.06. The van der Waals surface area contributed by atoms with Crippen LogP contribution < -0.4 is 9.47 Å². The summed E-state index contributed by atoms with van der Waals surface area (Å²) in [5, 5.41) is 0. The lowest BCUT2D eigenvalue weighted by molar-refractivity contribution is -0.127. The average Bonchev–Trinajstić information content (AvgIpc) is 3.04. The molecule has 3 aliphatic carbocycles. The third-order valence-electron chi connectivity index (χ3n) is 8.03. The van der Waals surface area contributed by atoms with Crippen LogP contribution in [0.3, 0.4) is 0 Å². The molecule has 0 radical (unpaired) electrons. The minimum absolute atomic E-state index is 0.205. The van der Waals surface area contributed by atoms with E-state index >= 15 is 0 Å². The molecule has 5 rings (SSSR count). The number of ether oxygens (including phenoxy) is 2. The minimum atomic E-state index is -0.205. The Morgan fingerprint density at radius 1 is 1.00 bits per heavy atom. The second-order valence-corrected chi connectivity index (χ2v) is 9.41. The molecule has 0 spiro atoms. The summed E-state index contributed by atoms with van der Waals surface area (Å²) in [5.74, 6) is 3.79. The van der Waals surface area contributed by atoms with Crippen LogP contribution in [0.15, 0.2) is 48.0 Å². The normalized spacial score (nSPS) is 31.1. The zero-order chi connectivity index (χ0) is 20.9. The number of carbonyl (C=O) groups excluding carboxylic acids is 1. The van der Waals surface area contributed by atoms with Gasteiger partial charge in [0.1, 0.15) is 11.5 Å². The Kier molecular flexibility index (Phi) is 4.72. The number of fused-ring (bicyclic) bond motifs is 5. The molecular weight excluding hydrogens is 372 g/mol. The van der Waals surface area contributed by atoms with Crippen molar-refractivity contribution in [3.63, 3.8) is 0 Å². The molecule has 0 saturated heterocycles. The molecule has 3 aliphatic rings. The third kappa shape index (κ3) is 2.98. The highest BCUT2D eigenvalue weighted by atomic mass is 16.5. The first-order valence-electron chi connectivity index (χ1n) is 11.1. The van der Waals surface area contributed by atoms with E-state index in [4.69, 9.17) is 9.47 Å². The standard InChI is InChI=1S/C27H30O3/c1-27-13-12-23-22-11-9-21(30-3)15-18(22)6-10-24(23)25(27)16-19(26(27)28)14-17-4-7-20(29-2)8-5-17/h4-5,7-9,11,14-15,23-25H,6,10,12-13,16H2,1-3H3/b19-14+. The molecule has 30 heavy (non-hydrogen) atoms. The number of carbonyl (C=O) groups is 1. The monoisotopic (exact) mass is 402 g/mol. The molecule has 3 nitrogen and oxygen atoms in total. The summed E-state index contributed by atoms with van der Waals surface area (Å²) in [6, 6.07) is 14.6. The first kappa shape index (κ1) is 19.4. The quantitative estimate of drug-likeness (QED) is 0.607. The van der Waals surface area contributed by atoms with Gasteiger partial charge in [-0.15, -0.1) is 0 Å². The van der Waals surface area contributed by atoms with E-state index < -0.39 is 0 Å². The smallest absolute Gasteiger partial charge is 0.165 e. The van der Waals surface area contributed by atoms with Gasteiger partial charge in [-0.05, 0) is 102 Å². The van der Waals surface area contributed by atoms with E-state index in [0.717, 1.165) is 48.3 Å². The van der Waals surface area contributed by atoms with Crippen LogP contribution in [0.2, 0.25) is 0 Å². The number of hydrogen-bond acceptors (Lipinski definition) is 3. The van der Waals surface area contributed by atoms with E-state index in [9.17, 15) is 4.79 Å². The zero-order valence-electron chi connectivity index (χ0n) is 18.1. The molecule has 2 saturated carbocycles. The van der Waals surface area contributed by atoms with Crippen LogP contribution in [-0.4, -0.2) is 20.0 Å². The summed E-state index contributed by atoms with van der Waals surface area (Å²) in [6.07, 6.45) is 7.39. The molecular formula is C27H30O3. The van der Waals surface area contributed by atoms with Gasteiger partial charge in [-0.25, -0.2) is 0 Å². The molecule has 156 valence electrons. The number of methoxy groups -OCH3 is 2. The van der Waals surface area contributed by atoms with Gasteiger partial charge in [0, 0.05) is 5.41 Å². The van der Waals surface area contributed by atoms with Gasteiger partial charge >= 0.3 is 0 Å². The number of rotatable bonds is 3. The number of Topliss-reactive ketones (excluding diaryl/α,β-unsaturated/α-hetero) is 1. The van der Waals surface area contributed by atoms with Crippen molar-refractivity contribution in [1.29, 1.82) is 0 Å². The second-order valence-electron chi connectivity index (χ2n) is 9.41. The lowest BCUT2D eigenvalue weighted by atomic mass is 9.55. The predicted molar refractivity (Wildman–Crippen MR) is 119 cm³/mol. The fraction of sp³-hybridized carbons (Fsp3) is 0.444. The highest BCUT2D eigenvalue weighted by Crippen LogP contribution is 2.60. The number of allylic oxidation sites excluding steroid dienone is 1. The molecule has 2 aromatic rings. The van der Waals surface area contributed by atoms with E-state index in [2.05, 4.69) is 31.2 Å². The SMILES string of the molecule is COc1ccc(/C=C2\CC3C4CCc5cc(OC)ccc5C4CCC3(C)C2=O)cc1. The molecule has 0 bridgehead atoms. The van der Waals surface area contributed by atoms with Gasteiger partial charge in [0.05, 0.1) is 14.2 Å². The summed E-state index contributed by atoms with van der Waals surface area (Å²) in [4.78, 5) is 13.5. The maximum absolute atomic E-state index is 13.5. The first-order chi connectivity index (χ1) is 14.5. The molecule has 0 aliphatic heterocycles. The largest absolute Gasteiger partial charge is 0.497 e. The van der Waals surface area contributed by atoms with Crippen LogP contribution in [0.4, 0.5) is 0 Å². The third-order valence-corrected chi connectivity index (χ3v) is 8.03. The summed E-state index contributed by atoms with van der Waals surface area (Å²) in [5.41, 5.74) is 4.82. The van der Waals surface area contributed by atoms with Gasteiger partial charge in [0.25, 0.3) is 0 Å². The van der Waals surface area contributed by atoms with E-state index in [-0.39, 0.29) is 5.41 Å². The van der Waals surface area contributed by atoms with Crippen molar-refractivity contribution in [3.8, 4) is 11.5 Å². The summed E-state index contributed by atoms with van der Waals surface area (Å²) >= 11 is 0. The summed E-state index contributed by atoms with van der Waals surface area (Å²) < 4.78 is 10.7. The van der Waals surface area contributed by atoms with Crippen molar-refractivity contribution >= 4 is 11.9 Å². The molecule has 2 aromatic carbocycles. The Bertz CT molecular complexity index is 1000. The zero-order valence-corrected chi connectivity index (χ0v) is 18.1. The van der Waals surface area contributed by atoms with E-state index in [1.807, 2.05) is 24.3 Å². The van der Waals surface area contributed by atoms with Gasteiger partial charge in [-0.1, -0.05) is 25.1 Å². The lowest BCUT2D eigenvalue weighted by Crippen LogP contribution is -2.42. The van der Waals surface area contributed by atoms with Crippen molar-refractivity contribution in [3.05, 3.63) is 64.7 Å². The Morgan fingerprint density at radius 3 is 2.47 bits per heavy atom. The molecule has 0 aromatic heterocycles. The Labute approximate surface area is 179 Å².